The summed E-state index contributed by atoms with van der Waals surface area (Å²) in [5.41, 5.74) is 8.26. The van der Waals surface area contributed by atoms with Gasteiger partial charge in [-0.05, 0) is 44.9 Å². The normalized spacial score (nSPS) is 16.8. The molecule has 0 bridgehead atoms. The fourth-order valence-corrected chi connectivity index (χ4v) is 4.59. The van der Waals surface area contributed by atoms with Crippen LogP contribution in [0.5, 0.6) is 5.75 Å². The number of rotatable bonds is 14. The summed E-state index contributed by atoms with van der Waals surface area (Å²) in [5, 5.41) is 43.0. The van der Waals surface area contributed by atoms with Crippen molar-refractivity contribution in [2.45, 2.75) is 63.0 Å². The fourth-order valence-electron chi connectivity index (χ4n) is 3.49. The lowest BCUT2D eigenvalue weighted by Gasteiger charge is -2.40. The molecule has 224 valence electrons. The molecule has 3 amide bonds. The first kappa shape index (κ1) is 34.6. The predicted molar refractivity (Wildman–Crippen MR) is 136 cm³/mol. The summed E-state index contributed by atoms with van der Waals surface area (Å²) in [6.07, 6.45) is -1.96. The Kier molecular flexibility index (Phi) is 11.9. The third kappa shape index (κ3) is 8.28. The summed E-state index contributed by atoms with van der Waals surface area (Å²) in [6.45, 7) is 1.29. The first-order valence-electron chi connectivity index (χ1n) is 11.7. The van der Waals surface area contributed by atoms with E-state index < -0.39 is 84.3 Å². The van der Waals surface area contributed by atoms with Crippen molar-refractivity contribution in [3.63, 3.8) is 0 Å². The minimum absolute atomic E-state index is 0.0591. The molecule has 0 aliphatic carbocycles. The van der Waals surface area contributed by atoms with Crippen LogP contribution >= 0.6 is 7.75 Å². The molecule has 1 rings (SSSR count). The number of nitrogens with one attached hydrogen (secondary N) is 2. The van der Waals surface area contributed by atoms with Crippen LogP contribution in [0.4, 0.5) is 0 Å². The summed E-state index contributed by atoms with van der Waals surface area (Å²) in [4.78, 5) is 83.5. The number of hydrogen-bond donors (Lipinski definition) is 10. The lowest BCUT2D eigenvalue weighted by Crippen LogP contribution is -2.68. The highest BCUT2D eigenvalue weighted by molar-refractivity contribution is 7.50. The SMILES string of the molecule is C[C@H](N)C(=O)N[C@H](C(=O)[C@](C)(C(=O)O)N(C(=O)[C@H](CO)NC(=O)[C@@H](N)Cc1ccc(O)cc1)P(=O)(O)O)[C@@H](C)O. The van der Waals surface area contributed by atoms with E-state index in [9.17, 15) is 58.8 Å². The highest BCUT2D eigenvalue weighted by atomic mass is 31.2. The summed E-state index contributed by atoms with van der Waals surface area (Å²) < 4.78 is 11.8. The van der Waals surface area contributed by atoms with E-state index >= 15 is 0 Å². The monoisotopic (exact) mass is 591 g/mol. The zero-order valence-electron chi connectivity index (χ0n) is 21.8. The Morgan fingerprint density at radius 1 is 1.02 bits per heavy atom. The number of amides is 3. The summed E-state index contributed by atoms with van der Waals surface area (Å²) >= 11 is 0. The smallest absolute Gasteiger partial charge is 0.433 e. The lowest BCUT2D eigenvalue weighted by atomic mass is 9.88. The lowest BCUT2D eigenvalue weighted by molar-refractivity contribution is -0.162. The van der Waals surface area contributed by atoms with E-state index in [1.54, 1.807) is 0 Å². The number of aromatic hydroxyl groups is 1. The summed E-state index contributed by atoms with van der Waals surface area (Å²) in [6, 6.07) is -1.40. The molecular weight excluding hydrogens is 557 g/mol. The van der Waals surface area contributed by atoms with Gasteiger partial charge in [-0.3, -0.25) is 19.2 Å². The number of aliphatic hydroxyl groups excluding tert-OH is 2. The molecule has 0 saturated carbocycles. The Balaban J connectivity index is 3.43. The molecule has 0 aliphatic heterocycles. The second-order valence-corrected chi connectivity index (χ2v) is 10.6. The van der Waals surface area contributed by atoms with Crippen molar-refractivity contribution in [3.8, 4) is 5.75 Å². The number of nitrogens with two attached hydrogens (primary N) is 2. The average Bonchev–Trinajstić information content (AvgIpc) is 2.84. The average molecular weight is 592 g/mol. The van der Waals surface area contributed by atoms with Crippen LogP contribution in [0.3, 0.4) is 0 Å². The van der Waals surface area contributed by atoms with Gasteiger partial charge in [0.1, 0.15) is 17.8 Å². The number of carbonyl (C=O) groups excluding carboxylic acids is 4. The van der Waals surface area contributed by atoms with Gasteiger partial charge in [-0.25, -0.2) is 14.0 Å². The van der Waals surface area contributed by atoms with E-state index in [-0.39, 0.29) is 12.2 Å². The standard InChI is InChI=1S/C22H34N5O12P/c1-10(23)18(32)26-16(11(2)29)17(31)22(3,21(35)36)27(40(37,38)39)20(34)15(9-28)25-19(33)14(24)8-12-4-6-13(30)7-5-12/h4-7,10-11,14-16,28-30H,8-9,23-24H2,1-3H3,(H,25,33)(H,26,32)(H,35,36)(H2,37,38,39)/t10-,11+,14-,15-,16-,22+/m0/s1. The Morgan fingerprint density at radius 2 is 1.55 bits per heavy atom. The predicted octanol–water partition coefficient (Wildman–Crippen LogP) is -3.71. The molecule has 18 heteroatoms. The minimum Gasteiger partial charge on any atom is -0.508 e. The third-order valence-electron chi connectivity index (χ3n) is 5.79. The Bertz CT molecular complexity index is 1160. The summed E-state index contributed by atoms with van der Waals surface area (Å²) in [7, 11) is -6.03. The molecule has 17 nitrogen and oxygen atoms in total. The van der Waals surface area contributed by atoms with Crippen LogP contribution in [0.15, 0.2) is 24.3 Å². The number of nitrogens with zero attached hydrogens (tertiary/aromatic N) is 1. The number of carboxylic acids is 1. The number of aliphatic hydroxyl groups is 2. The molecule has 0 aliphatic rings. The van der Waals surface area contributed by atoms with Crippen LogP contribution in [-0.4, -0.2) is 107 Å². The molecule has 1 aromatic rings. The van der Waals surface area contributed by atoms with E-state index in [4.69, 9.17) is 11.5 Å². The number of aliphatic carboxylic acids is 1. The van der Waals surface area contributed by atoms with Gasteiger partial charge in [0.05, 0.1) is 24.8 Å². The molecule has 0 radical (unpaired) electrons. The Labute approximate surface area is 228 Å². The van der Waals surface area contributed by atoms with E-state index in [2.05, 4.69) is 0 Å². The summed E-state index contributed by atoms with van der Waals surface area (Å²) in [5.74, 6) is -8.09. The number of phenolic OH excluding ortho intramolecular Hbond substituents is 1. The molecule has 6 atom stereocenters. The van der Waals surface area contributed by atoms with Crippen molar-refractivity contribution in [1.82, 2.24) is 15.3 Å². The molecule has 0 unspecified atom stereocenters. The second kappa shape index (κ2) is 13.8. The van der Waals surface area contributed by atoms with E-state index in [1.807, 2.05) is 10.6 Å². The van der Waals surface area contributed by atoms with Crippen LogP contribution in [0.2, 0.25) is 0 Å². The van der Waals surface area contributed by atoms with Gasteiger partial charge in [-0.2, -0.15) is 0 Å². The Hall–Kier alpha value is -3.44. The number of hydrogen-bond acceptors (Lipinski definition) is 11. The van der Waals surface area contributed by atoms with Gasteiger partial charge in [0.2, 0.25) is 17.4 Å². The highest BCUT2D eigenvalue weighted by Gasteiger charge is 2.59. The maximum Gasteiger partial charge on any atom is 0.433 e. The van der Waals surface area contributed by atoms with Gasteiger partial charge in [0, 0.05) is 0 Å². The molecule has 0 saturated heterocycles. The van der Waals surface area contributed by atoms with Crippen molar-refractivity contribution in [1.29, 1.82) is 0 Å². The first-order valence-corrected chi connectivity index (χ1v) is 13.2. The van der Waals surface area contributed by atoms with Crippen molar-refractivity contribution in [3.05, 3.63) is 29.8 Å². The number of ketones is 1. The van der Waals surface area contributed by atoms with Crippen molar-refractivity contribution in [2.24, 2.45) is 11.5 Å². The van der Waals surface area contributed by atoms with E-state index in [1.165, 1.54) is 31.2 Å². The highest BCUT2D eigenvalue weighted by Crippen LogP contribution is 2.47. The maximum absolute atomic E-state index is 13.3. The van der Waals surface area contributed by atoms with Gasteiger partial charge in [0.25, 0.3) is 5.91 Å². The molecule has 12 N–H and O–H groups in total. The molecule has 40 heavy (non-hydrogen) atoms. The third-order valence-corrected chi connectivity index (χ3v) is 6.91. The van der Waals surface area contributed by atoms with Gasteiger partial charge >= 0.3 is 13.7 Å². The van der Waals surface area contributed by atoms with Crippen LogP contribution in [0.25, 0.3) is 0 Å². The van der Waals surface area contributed by atoms with Gasteiger partial charge in [-0.1, -0.05) is 12.1 Å². The molecule has 0 aromatic heterocycles. The zero-order valence-corrected chi connectivity index (χ0v) is 22.7. The van der Waals surface area contributed by atoms with Gasteiger partial charge in [-0.15, -0.1) is 0 Å². The van der Waals surface area contributed by atoms with Crippen molar-refractivity contribution >= 4 is 37.2 Å². The Morgan fingerprint density at radius 3 is 1.95 bits per heavy atom. The van der Waals surface area contributed by atoms with E-state index in [0.29, 0.717) is 12.5 Å². The number of Topliss-reactive ketones (excluding diaryl/α,β-unsaturated/α-hetero) is 1. The number of phenols is 1. The zero-order chi connectivity index (χ0) is 31.2. The van der Waals surface area contributed by atoms with Crippen molar-refractivity contribution in [2.75, 3.05) is 6.61 Å². The quantitative estimate of drug-likeness (QED) is 0.0735. The maximum atomic E-state index is 13.3. The fraction of sp³-hybridized carbons (Fsp3) is 0.500. The van der Waals surface area contributed by atoms with Crippen LogP contribution < -0.4 is 22.1 Å². The molecular formula is C22H34N5O12P. The first-order chi connectivity index (χ1) is 18.3. The number of benzene rings is 1. The number of carboxylic acid groups (broad SMARTS) is 1. The topological polar surface area (TPSA) is 303 Å². The number of carbonyl (C=O) groups is 5. The van der Waals surface area contributed by atoms with Crippen LogP contribution in [-0.2, 0) is 35.0 Å². The van der Waals surface area contributed by atoms with Crippen molar-refractivity contribution < 1.29 is 58.8 Å². The minimum atomic E-state index is -6.03. The molecule has 1 aromatic carbocycles. The van der Waals surface area contributed by atoms with Crippen LogP contribution in [0.1, 0.15) is 26.3 Å². The van der Waals surface area contributed by atoms with Gasteiger partial charge in [0.15, 0.2) is 5.78 Å². The molecule has 0 fully saturated rings. The largest absolute Gasteiger partial charge is 0.508 e. The second-order valence-electron chi connectivity index (χ2n) is 9.14. The molecule has 0 heterocycles. The van der Waals surface area contributed by atoms with E-state index in [0.717, 1.165) is 6.92 Å². The van der Waals surface area contributed by atoms with Gasteiger partial charge < -0.3 is 52.3 Å². The van der Waals surface area contributed by atoms with Crippen LogP contribution in [0, 0.1) is 0 Å². The molecule has 0 spiro atoms.